The number of benzene rings is 1. The second kappa shape index (κ2) is 6.95. The van der Waals surface area contributed by atoms with E-state index in [-0.39, 0.29) is 17.7 Å². The lowest BCUT2D eigenvalue weighted by atomic mass is 9.89. The fraction of sp³-hybridized carbons (Fsp3) is 0.429. The van der Waals surface area contributed by atoms with Crippen molar-refractivity contribution in [1.82, 2.24) is 0 Å². The molecule has 1 saturated carbocycles. The van der Waals surface area contributed by atoms with Gasteiger partial charge in [0.15, 0.2) is 5.84 Å². The molecular weight excluding hydrogens is 299 g/mol. The molecule has 0 aliphatic heterocycles. The summed E-state index contributed by atoms with van der Waals surface area (Å²) in [6, 6.07) is 4.84. The number of amidine groups is 1. The van der Waals surface area contributed by atoms with Gasteiger partial charge in [-0.1, -0.05) is 47.6 Å². The highest BCUT2D eigenvalue weighted by Crippen LogP contribution is 2.25. The normalized spacial score (nSPS) is 17.0. The van der Waals surface area contributed by atoms with E-state index >= 15 is 0 Å². The highest BCUT2D eigenvalue weighted by molar-refractivity contribution is 6.36. The van der Waals surface area contributed by atoms with Gasteiger partial charge in [0.1, 0.15) is 0 Å². The van der Waals surface area contributed by atoms with Crippen molar-refractivity contribution in [3.05, 3.63) is 33.8 Å². The zero-order valence-electron chi connectivity index (χ0n) is 10.9. The Morgan fingerprint density at radius 1 is 1.25 bits per heavy atom. The Kier molecular flexibility index (Phi) is 5.26. The van der Waals surface area contributed by atoms with Gasteiger partial charge < -0.3 is 10.6 Å². The van der Waals surface area contributed by atoms with Gasteiger partial charge in [0.05, 0.1) is 10.9 Å². The van der Waals surface area contributed by atoms with E-state index in [2.05, 4.69) is 5.16 Å². The predicted molar refractivity (Wildman–Crippen MR) is 79.9 cm³/mol. The van der Waals surface area contributed by atoms with Crippen LogP contribution in [0.5, 0.6) is 0 Å². The Morgan fingerprint density at radius 3 is 2.60 bits per heavy atom. The summed E-state index contributed by atoms with van der Waals surface area (Å²) in [6.45, 7) is 0. The zero-order chi connectivity index (χ0) is 14.5. The summed E-state index contributed by atoms with van der Waals surface area (Å²) in [6.07, 6.45) is 5.01. The number of hydrogen-bond acceptors (Lipinski definition) is 3. The van der Waals surface area contributed by atoms with Crippen LogP contribution in [0.1, 0.15) is 37.7 Å². The summed E-state index contributed by atoms with van der Waals surface area (Å²) in [5, 5.41) is 4.55. The van der Waals surface area contributed by atoms with Crippen LogP contribution in [0, 0.1) is 5.92 Å². The van der Waals surface area contributed by atoms with Crippen molar-refractivity contribution >= 4 is 35.0 Å². The van der Waals surface area contributed by atoms with Crippen LogP contribution in [0.15, 0.2) is 23.4 Å². The third-order valence-electron chi connectivity index (χ3n) is 3.38. The van der Waals surface area contributed by atoms with Gasteiger partial charge >= 0.3 is 5.97 Å². The maximum absolute atomic E-state index is 11.8. The fourth-order valence-electron chi connectivity index (χ4n) is 2.25. The van der Waals surface area contributed by atoms with Gasteiger partial charge in [-0.3, -0.25) is 0 Å². The number of oxime groups is 1. The van der Waals surface area contributed by atoms with Crippen molar-refractivity contribution in [3.63, 3.8) is 0 Å². The van der Waals surface area contributed by atoms with Crippen molar-refractivity contribution in [2.45, 2.75) is 32.1 Å². The summed E-state index contributed by atoms with van der Waals surface area (Å²) in [5.74, 6) is -0.324. The third-order valence-corrected chi connectivity index (χ3v) is 3.93. The molecular formula is C14H16Cl2N2O2. The molecule has 0 atom stereocenters. The minimum Gasteiger partial charge on any atom is -0.380 e. The zero-order valence-corrected chi connectivity index (χ0v) is 12.5. The first-order chi connectivity index (χ1) is 9.58. The van der Waals surface area contributed by atoms with E-state index in [4.69, 9.17) is 33.8 Å². The van der Waals surface area contributed by atoms with Crippen molar-refractivity contribution in [2.75, 3.05) is 0 Å². The average molecular weight is 315 g/mol. The van der Waals surface area contributed by atoms with Crippen LogP contribution in [0.4, 0.5) is 0 Å². The molecule has 20 heavy (non-hydrogen) atoms. The second-order valence-corrected chi connectivity index (χ2v) is 5.69. The van der Waals surface area contributed by atoms with Gasteiger partial charge in [-0.25, -0.2) is 4.79 Å². The van der Waals surface area contributed by atoms with E-state index in [1.165, 1.54) is 6.42 Å². The maximum atomic E-state index is 11.8. The number of rotatable bonds is 3. The Morgan fingerprint density at radius 2 is 1.95 bits per heavy atom. The number of carbonyl (C=O) groups is 1. The molecule has 0 saturated heterocycles. The molecule has 0 unspecified atom stereocenters. The standard InChI is InChI=1S/C14H16Cl2N2O2/c15-10-6-7-11(12(16)8-10)13(17)18-20-14(19)9-4-2-1-3-5-9/h6-9H,1-5H2,(H2,17,18). The monoisotopic (exact) mass is 314 g/mol. The molecule has 1 aromatic rings. The van der Waals surface area contributed by atoms with E-state index in [0.717, 1.165) is 25.7 Å². The van der Waals surface area contributed by atoms with Crippen molar-refractivity contribution in [1.29, 1.82) is 0 Å². The first-order valence-corrected chi connectivity index (χ1v) is 7.33. The number of nitrogens with two attached hydrogens (primary N) is 1. The molecule has 0 radical (unpaired) electrons. The minimum absolute atomic E-state index is 0.0656. The number of halogens is 2. The van der Waals surface area contributed by atoms with Crippen LogP contribution < -0.4 is 5.73 Å². The molecule has 0 heterocycles. The van der Waals surface area contributed by atoms with Crippen LogP contribution in [0.3, 0.4) is 0 Å². The summed E-state index contributed by atoms with van der Waals surface area (Å²) in [7, 11) is 0. The van der Waals surface area contributed by atoms with Crippen molar-refractivity contribution in [2.24, 2.45) is 16.8 Å². The average Bonchev–Trinajstić information content (AvgIpc) is 2.45. The van der Waals surface area contributed by atoms with Crippen molar-refractivity contribution < 1.29 is 9.63 Å². The van der Waals surface area contributed by atoms with Gasteiger partial charge in [0, 0.05) is 10.6 Å². The molecule has 1 fully saturated rings. The largest absolute Gasteiger partial charge is 0.380 e. The molecule has 1 aliphatic carbocycles. The van der Waals surface area contributed by atoms with Gasteiger partial charge in [0.25, 0.3) is 0 Å². The lowest BCUT2D eigenvalue weighted by Crippen LogP contribution is -2.21. The topological polar surface area (TPSA) is 64.7 Å². The summed E-state index contributed by atoms with van der Waals surface area (Å²) >= 11 is 11.8. The van der Waals surface area contributed by atoms with E-state index in [9.17, 15) is 4.79 Å². The second-order valence-electron chi connectivity index (χ2n) is 4.85. The molecule has 0 bridgehead atoms. The van der Waals surface area contributed by atoms with Crippen molar-refractivity contribution in [3.8, 4) is 0 Å². The van der Waals surface area contributed by atoms with E-state index in [1.807, 2.05) is 0 Å². The first kappa shape index (κ1) is 15.1. The molecule has 0 amide bonds. The SMILES string of the molecule is N/C(=N\OC(=O)C1CCCCC1)c1ccc(Cl)cc1Cl. The Balaban J connectivity index is 2.01. The molecule has 0 aromatic heterocycles. The molecule has 6 heteroatoms. The molecule has 2 N–H and O–H groups in total. The highest BCUT2D eigenvalue weighted by Gasteiger charge is 2.23. The molecule has 4 nitrogen and oxygen atoms in total. The lowest BCUT2D eigenvalue weighted by molar-refractivity contribution is -0.149. The minimum atomic E-state index is -0.322. The molecule has 2 rings (SSSR count). The Hall–Kier alpha value is -1.26. The van der Waals surface area contributed by atoms with Crippen LogP contribution in [-0.2, 0) is 9.63 Å². The van der Waals surface area contributed by atoms with Gasteiger partial charge in [-0.15, -0.1) is 0 Å². The van der Waals surface area contributed by atoms with E-state index in [0.29, 0.717) is 15.6 Å². The summed E-state index contributed by atoms with van der Waals surface area (Å²) < 4.78 is 0. The van der Waals surface area contributed by atoms with Gasteiger partial charge in [0.2, 0.25) is 0 Å². The lowest BCUT2D eigenvalue weighted by Gasteiger charge is -2.18. The first-order valence-electron chi connectivity index (χ1n) is 6.57. The molecule has 1 aromatic carbocycles. The molecule has 1 aliphatic rings. The number of hydrogen-bond donors (Lipinski definition) is 1. The quantitative estimate of drug-likeness (QED) is 0.400. The molecule has 0 spiro atoms. The van der Waals surface area contributed by atoms with Crippen LogP contribution in [-0.4, -0.2) is 11.8 Å². The van der Waals surface area contributed by atoms with Crippen LogP contribution in [0.25, 0.3) is 0 Å². The van der Waals surface area contributed by atoms with E-state index in [1.54, 1.807) is 18.2 Å². The maximum Gasteiger partial charge on any atom is 0.338 e. The predicted octanol–water partition coefficient (Wildman–Crippen LogP) is 3.74. The molecule has 108 valence electrons. The number of carbonyl (C=O) groups excluding carboxylic acids is 1. The van der Waals surface area contributed by atoms with Crippen LogP contribution >= 0.6 is 23.2 Å². The third kappa shape index (κ3) is 3.87. The van der Waals surface area contributed by atoms with Gasteiger partial charge in [-0.05, 0) is 31.0 Å². The number of nitrogens with zero attached hydrogens (tertiary/aromatic N) is 1. The summed E-state index contributed by atoms with van der Waals surface area (Å²) in [5.41, 5.74) is 6.26. The van der Waals surface area contributed by atoms with Crippen LogP contribution in [0.2, 0.25) is 10.0 Å². The highest BCUT2D eigenvalue weighted by atomic mass is 35.5. The smallest absolute Gasteiger partial charge is 0.338 e. The Bertz CT molecular complexity index is 526. The van der Waals surface area contributed by atoms with Gasteiger partial charge in [-0.2, -0.15) is 0 Å². The summed E-state index contributed by atoms with van der Waals surface area (Å²) in [4.78, 5) is 16.7. The Labute approximate surface area is 127 Å². The fourth-order valence-corrected chi connectivity index (χ4v) is 2.76. The van der Waals surface area contributed by atoms with E-state index < -0.39 is 0 Å².